The number of rotatable bonds is 42. The van der Waals surface area contributed by atoms with Gasteiger partial charge in [-0.25, -0.2) is 0 Å². The number of phosphoric acid groups is 1. The highest BCUT2D eigenvalue weighted by Crippen LogP contribution is 2.38. The maximum Gasteiger partial charge on any atom is 0.306 e. The Kier molecular flexibility index (Phi) is 37.9. The topological polar surface area (TPSA) is 111 Å². The van der Waals surface area contributed by atoms with Gasteiger partial charge in [-0.15, -0.1) is 0 Å². The van der Waals surface area contributed by atoms with Crippen LogP contribution in [0.4, 0.5) is 0 Å². The largest absolute Gasteiger partial charge is 0.756 e. The molecule has 330 valence electrons. The predicted molar refractivity (Wildman–Crippen MR) is 231 cm³/mol. The fourth-order valence-electron chi connectivity index (χ4n) is 6.29. The third kappa shape index (κ3) is 42.1. The number of ether oxygens (including phenoxy) is 2. The average Bonchev–Trinajstić information content (AvgIpc) is 3.15. The summed E-state index contributed by atoms with van der Waals surface area (Å²) in [6.07, 6.45) is 42.0. The number of esters is 2. The van der Waals surface area contributed by atoms with Gasteiger partial charge in [-0.2, -0.15) is 0 Å². The molecule has 56 heavy (non-hydrogen) atoms. The van der Waals surface area contributed by atoms with E-state index < -0.39 is 32.5 Å². The fraction of sp³-hybridized carbons (Fsp3) is 0.870. The zero-order valence-corrected chi connectivity index (χ0v) is 38.0. The van der Waals surface area contributed by atoms with E-state index in [2.05, 4.69) is 38.2 Å². The van der Waals surface area contributed by atoms with Crippen LogP contribution in [-0.4, -0.2) is 70.0 Å². The van der Waals surface area contributed by atoms with Crippen molar-refractivity contribution in [2.45, 2.75) is 213 Å². The quantitative estimate of drug-likeness (QED) is 0.0197. The first-order valence-corrected chi connectivity index (χ1v) is 24.5. The Morgan fingerprint density at radius 2 is 0.911 bits per heavy atom. The number of carbonyl (C=O) groups excluding carboxylic acids is 2. The summed E-state index contributed by atoms with van der Waals surface area (Å²) in [4.78, 5) is 37.5. The van der Waals surface area contributed by atoms with E-state index in [1.165, 1.54) is 122 Å². The van der Waals surface area contributed by atoms with Crippen molar-refractivity contribution in [1.82, 2.24) is 0 Å². The van der Waals surface area contributed by atoms with Crippen LogP contribution in [0.2, 0.25) is 0 Å². The molecular formula is C46H88NO8P. The Bertz CT molecular complexity index is 1010. The monoisotopic (exact) mass is 814 g/mol. The van der Waals surface area contributed by atoms with E-state index in [9.17, 15) is 19.0 Å². The summed E-state index contributed by atoms with van der Waals surface area (Å²) in [5.74, 6) is -0.860. The minimum absolute atomic E-state index is 0.0332. The molecule has 0 bridgehead atoms. The average molecular weight is 814 g/mol. The highest BCUT2D eigenvalue weighted by Gasteiger charge is 2.21. The number of hydrogen-bond donors (Lipinski definition) is 0. The molecule has 0 aromatic carbocycles. The van der Waals surface area contributed by atoms with E-state index in [4.69, 9.17) is 18.5 Å². The molecule has 2 atom stereocenters. The lowest BCUT2D eigenvalue weighted by Gasteiger charge is -2.28. The summed E-state index contributed by atoms with van der Waals surface area (Å²) in [5, 5.41) is 0. The van der Waals surface area contributed by atoms with Crippen LogP contribution < -0.4 is 4.89 Å². The van der Waals surface area contributed by atoms with Gasteiger partial charge in [-0.1, -0.05) is 154 Å². The Balaban J connectivity index is 4.35. The van der Waals surface area contributed by atoms with Gasteiger partial charge >= 0.3 is 11.9 Å². The normalized spacial score (nSPS) is 13.8. The first-order chi connectivity index (χ1) is 27.0. The van der Waals surface area contributed by atoms with Crippen LogP contribution in [0.1, 0.15) is 206 Å². The SMILES string of the molecule is CCCCCCCC/C=C/CCCCCCCCCC(=O)O[C@H](COC(=O)CCCC/C=C/CCCCCCCCCCC)COP(=O)([O-])OCC[N+](C)(C)C. The summed E-state index contributed by atoms with van der Waals surface area (Å²) >= 11 is 0. The summed E-state index contributed by atoms with van der Waals surface area (Å²) in [6, 6.07) is 0. The maximum atomic E-state index is 12.7. The number of unbranched alkanes of at least 4 members (excludes halogenated alkanes) is 24. The molecule has 0 rings (SSSR count). The number of phosphoric ester groups is 1. The Morgan fingerprint density at radius 1 is 0.536 bits per heavy atom. The van der Waals surface area contributed by atoms with Gasteiger partial charge in [0.2, 0.25) is 0 Å². The number of hydrogen-bond acceptors (Lipinski definition) is 8. The van der Waals surface area contributed by atoms with Crippen LogP contribution in [0.15, 0.2) is 24.3 Å². The van der Waals surface area contributed by atoms with Crippen LogP contribution in [0.3, 0.4) is 0 Å². The van der Waals surface area contributed by atoms with Crippen molar-refractivity contribution in [2.24, 2.45) is 0 Å². The van der Waals surface area contributed by atoms with E-state index in [0.717, 1.165) is 44.9 Å². The first kappa shape index (κ1) is 54.5. The molecule has 0 amide bonds. The summed E-state index contributed by atoms with van der Waals surface area (Å²) in [6.45, 7) is 4.21. The first-order valence-electron chi connectivity index (χ1n) is 23.0. The molecule has 0 saturated heterocycles. The smallest absolute Gasteiger partial charge is 0.306 e. The molecule has 0 aliphatic carbocycles. The zero-order chi connectivity index (χ0) is 41.4. The summed E-state index contributed by atoms with van der Waals surface area (Å²) < 4.78 is 33.9. The van der Waals surface area contributed by atoms with Crippen molar-refractivity contribution in [3.63, 3.8) is 0 Å². The van der Waals surface area contributed by atoms with Gasteiger partial charge < -0.3 is 27.9 Å². The molecule has 0 aromatic rings. The molecule has 1 unspecified atom stereocenters. The predicted octanol–water partition coefficient (Wildman–Crippen LogP) is 12.5. The van der Waals surface area contributed by atoms with Crippen molar-refractivity contribution >= 4 is 19.8 Å². The lowest BCUT2D eigenvalue weighted by atomic mass is 10.1. The second-order valence-electron chi connectivity index (χ2n) is 16.8. The fourth-order valence-corrected chi connectivity index (χ4v) is 7.02. The van der Waals surface area contributed by atoms with Gasteiger partial charge in [0.25, 0.3) is 7.82 Å². The standard InChI is InChI=1S/C46H88NO8P/c1-6-8-10-12-14-16-18-20-22-23-25-27-29-31-33-35-37-39-46(49)55-44(43-54-56(50,51)53-41-40-47(3,4)5)42-52-45(48)38-36-34-32-30-28-26-24-21-19-17-15-13-11-9-7-2/h20,22,28,30,44H,6-19,21,23-27,29,31-43H2,1-5H3/b22-20+,30-28+/t44-/m1/s1. The van der Waals surface area contributed by atoms with Crippen LogP contribution in [0, 0.1) is 0 Å². The molecule has 0 N–H and O–H groups in total. The number of quaternary nitrogens is 1. The van der Waals surface area contributed by atoms with E-state index in [0.29, 0.717) is 23.9 Å². The van der Waals surface area contributed by atoms with Gasteiger partial charge in [0, 0.05) is 12.8 Å². The second kappa shape index (κ2) is 39.0. The lowest BCUT2D eigenvalue weighted by Crippen LogP contribution is -2.37. The van der Waals surface area contributed by atoms with Gasteiger partial charge in [0.05, 0.1) is 27.7 Å². The summed E-state index contributed by atoms with van der Waals surface area (Å²) in [5.41, 5.74) is 0. The zero-order valence-electron chi connectivity index (χ0n) is 37.1. The minimum atomic E-state index is -4.63. The highest BCUT2D eigenvalue weighted by molar-refractivity contribution is 7.45. The van der Waals surface area contributed by atoms with E-state index in [1.807, 2.05) is 21.1 Å². The van der Waals surface area contributed by atoms with E-state index in [-0.39, 0.29) is 26.1 Å². The van der Waals surface area contributed by atoms with Crippen molar-refractivity contribution in [3.8, 4) is 0 Å². The molecule has 0 aromatic heterocycles. The third-order valence-corrected chi connectivity index (χ3v) is 10.9. The van der Waals surface area contributed by atoms with Crippen molar-refractivity contribution < 1.29 is 42.1 Å². The van der Waals surface area contributed by atoms with Gasteiger partial charge in [-0.05, 0) is 64.2 Å². The van der Waals surface area contributed by atoms with Crippen LogP contribution in [0.25, 0.3) is 0 Å². The lowest BCUT2D eigenvalue weighted by molar-refractivity contribution is -0.870. The molecule has 0 heterocycles. The van der Waals surface area contributed by atoms with Gasteiger partial charge in [-0.3, -0.25) is 14.2 Å². The van der Waals surface area contributed by atoms with Crippen molar-refractivity contribution in [2.75, 3.05) is 47.5 Å². The number of carbonyl (C=O) groups is 2. The highest BCUT2D eigenvalue weighted by atomic mass is 31.2. The van der Waals surface area contributed by atoms with Crippen LogP contribution in [-0.2, 0) is 32.7 Å². The number of nitrogens with zero attached hydrogens (tertiary/aromatic N) is 1. The minimum Gasteiger partial charge on any atom is -0.756 e. The molecular weight excluding hydrogens is 725 g/mol. The second-order valence-corrected chi connectivity index (χ2v) is 18.2. The molecule has 0 saturated carbocycles. The Labute approximate surface area is 345 Å². The molecule has 0 aliphatic rings. The maximum absolute atomic E-state index is 12.7. The molecule has 0 spiro atoms. The molecule has 0 radical (unpaired) electrons. The molecule has 0 fully saturated rings. The van der Waals surface area contributed by atoms with E-state index in [1.54, 1.807) is 0 Å². The molecule has 0 aliphatic heterocycles. The Morgan fingerprint density at radius 3 is 1.36 bits per heavy atom. The summed E-state index contributed by atoms with van der Waals surface area (Å²) in [7, 11) is 1.16. The molecule has 10 heteroatoms. The van der Waals surface area contributed by atoms with Crippen molar-refractivity contribution in [3.05, 3.63) is 24.3 Å². The van der Waals surface area contributed by atoms with E-state index >= 15 is 0 Å². The van der Waals surface area contributed by atoms with Crippen LogP contribution in [0.5, 0.6) is 0 Å². The van der Waals surface area contributed by atoms with Gasteiger partial charge in [0.15, 0.2) is 6.10 Å². The number of likely N-dealkylation sites (N-methyl/N-ethyl adjacent to an activating group) is 1. The van der Waals surface area contributed by atoms with Gasteiger partial charge in [0.1, 0.15) is 19.8 Å². The number of allylic oxidation sites excluding steroid dienone is 4. The molecule has 9 nitrogen and oxygen atoms in total. The third-order valence-electron chi connectivity index (χ3n) is 9.94. The Hall–Kier alpha value is -1.51. The van der Waals surface area contributed by atoms with Crippen LogP contribution >= 0.6 is 7.82 Å². The van der Waals surface area contributed by atoms with Crippen molar-refractivity contribution in [1.29, 1.82) is 0 Å².